The molecule has 1 saturated heterocycles. The first kappa shape index (κ1) is 30.2. The van der Waals surface area contributed by atoms with Crippen LogP contribution in [0.5, 0.6) is 28.7 Å². The molecule has 2 bridgehead atoms. The van der Waals surface area contributed by atoms with Crippen molar-refractivity contribution < 1.29 is 43.5 Å². The van der Waals surface area contributed by atoms with Gasteiger partial charge >= 0.3 is 0 Å². The number of rotatable bonds is 7. The molecule has 3 aliphatic heterocycles. The van der Waals surface area contributed by atoms with Gasteiger partial charge in [0.05, 0.1) is 25.7 Å². The van der Waals surface area contributed by atoms with Crippen LogP contribution in [0.4, 0.5) is 0 Å². The van der Waals surface area contributed by atoms with E-state index in [4.69, 9.17) is 23.7 Å². The van der Waals surface area contributed by atoms with Gasteiger partial charge in [0, 0.05) is 24.4 Å². The number of fused-ring (bicyclic) bond motifs is 5. The maximum atomic E-state index is 15.1. The zero-order valence-electron chi connectivity index (χ0n) is 26.2. The van der Waals surface area contributed by atoms with Crippen molar-refractivity contribution in [3.05, 3.63) is 77.4 Å². The molecule has 7 rings (SSSR count). The minimum absolute atomic E-state index is 0.0702. The largest absolute Gasteiger partial charge is 0.497 e. The van der Waals surface area contributed by atoms with Gasteiger partial charge in [-0.2, -0.15) is 0 Å². The lowest BCUT2D eigenvalue weighted by molar-refractivity contribution is -0.167. The number of aliphatic hydroxyl groups is 2. The zero-order valence-corrected chi connectivity index (χ0v) is 26.2. The maximum absolute atomic E-state index is 15.1. The molecule has 3 aromatic rings. The summed E-state index contributed by atoms with van der Waals surface area (Å²) >= 11 is 0. The average Bonchev–Trinajstić information content (AvgIpc) is 3.76. The molecule has 11 nitrogen and oxygen atoms in total. The van der Waals surface area contributed by atoms with Crippen LogP contribution in [0.15, 0.2) is 60.7 Å². The predicted octanol–water partition coefficient (Wildman–Crippen LogP) is 3.40. The summed E-state index contributed by atoms with van der Waals surface area (Å²) in [6.07, 6.45) is -0.999. The van der Waals surface area contributed by atoms with E-state index < -0.39 is 41.2 Å². The molecular formula is C35H38N2O9. The Hall–Kier alpha value is -4.48. The second-order valence-electron chi connectivity index (χ2n) is 12.6. The number of ether oxygens (including phenoxy) is 5. The monoisotopic (exact) mass is 630 g/mol. The molecule has 3 aromatic carbocycles. The van der Waals surface area contributed by atoms with E-state index in [0.29, 0.717) is 42.0 Å². The van der Waals surface area contributed by atoms with E-state index in [1.807, 2.05) is 30.3 Å². The van der Waals surface area contributed by atoms with Gasteiger partial charge in [0.1, 0.15) is 29.4 Å². The topological polar surface area (TPSA) is 136 Å². The van der Waals surface area contributed by atoms with Gasteiger partial charge in [-0.15, -0.1) is 0 Å². The number of nitrogens with one attached hydrogen (secondary N) is 1. The lowest BCUT2D eigenvalue weighted by atomic mass is 9.75. The summed E-state index contributed by atoms with van der Waals surface area (Å²) in [7, 11) is 2.99. The summed E-state index contributed by atoms with van der Waals surface area (Å²) in [4.78, 5) is 29.6. The smallest absolute Gasteiger partial charge is 0.231 e. The van der Waals surface area contributed by atoms with Gasteiger partial charge in [0.15, 0.2) is 17.1 Å². The van der Waals surface area contributed by atoms with Gasteiger partial charge in [0.2, 0.25) is 24.4 Å². The fraction of sp³-hybridized carbons (Fsp3) is 0.429. The molecule has 242 valence electrons. The number of hydrogen-bond acceptors (Lipinski definition) is 9. The number of carbonyl (C=O) groups is 2. The summed E-state index contributed by atoms with van der Waals surface area (Å²) in [5.41, 5.74) is -2.55. The molecule has 2 amide bonds. The Morgan fingerprint density at radius 1 is 1.02 bits per heavy atom. The van der Waals surface area contributed by atoms with Crippen molar-refractivity contribution in [3.8, 4) is 28.7 Å². The van der Waals surface area contributed by atoms with Gasteiger partial charge in [-0.25, -0.2) is 0 Å². The zero-order chi connectivity index (χ0) is 32.4. The molecule has 1 saturated carbocycles. The Balaban J connectivity index is 1.49. The summed E-state index contributed by atoms with van der Waals surface area (Å²) in [6.45, 7) is 3.89. The number of nitrogens with zero attached hydrogens (tertiary/aromatic N) is 1. The number of amides is 2. The Morgan fingerprint density at radius 3 is 2.43 bits per heavy atom. The maximum Gasteiger partial charge on any atom is 0.231 e. The molecule has 11 heteroatoms. The van der Waals surface area contributed by atoms with E-state index in [1.54, 1.807) is 56.2 Å². The number of carbonyl (C=O) groups excluding carboxylic acids is 2. The van der Waals surface area contributed by atoms with Gasteiger partial charge < -0.3 is 44.1 Å². The van der Waals surface area contributed by atoms with Crippen molar-refractivity contribution in [2.45, 2.75) is 56.1 Å². The standard InChI is InChI=1S/C35H38N2O9/c1-19(2)31(38)36-25-11-8-16-37(25)32(39)28-26(20-9-6-5-7-10-20)35(21-12-14-22(42-3)15-13-21)33(40)34(28,41)27-23(46-35)17-24-29(30(27)43-4)45-18-44-24/h5-7,9-10,12-15,17,19,25-26,28,33,40-41H,8,11,16,18H2,1-4H3,(H,36,38)/t25-,26-,28+,33+,34-,35?/m0/s1. The Kier molecular flexibility index (Phi) is 7.28. The Bertz CT molecular complexity index is 1660. The molecule has 1 aliphatic carbocycles. The summed E-state index contributed by atoms with van der Waals surface area (Å²) in [5.74, 6) is -1.54. The lowest BCUT2D eigenvalue weighted by Crippen LogP contribution is -2.56. The van der Waals surface area contributed by atoms with Crippen molar-refractivity contribution in [1.29, 1.82) is 0 Å². The first-order valence-electron chi connectivity index (χ1n) is 15.6. The second-order valence-corrected chi connectivity index (χ2v) is 12.6. The van der Waals surface area contributed by atoms with Crippen LogP contribution >= 0.6 is 0 Å². The normalized spacial score (nSPS) is 28.9. The van der Waals surface area contributed by atoms with Crippen molar-refractivity contribution in [2.75, 3.05) is 27.6 Å². The molecule has 0 spiro atoms. The van der Waals surface area contributed by atoms with Crippen LogP contribution in [0.1, 0.15) is 49.3 Å². The third-order valence-corrected chi connectivity index (χ3v) is 9.89. The molecule has 1 unspecified atom stereocenters. The first-order chi connectivity index (χ1) is 22.2. The van der Waals surface area contributed by atoms with E-state index in [2.05, 4.69) is 5.32 Å². The highest BCUT2D eigenvalue weighted by Crippen LogP contribution is 2.70. The third-order valence-electron chi connectivity index (χ3n) is 9.89. The molecule has 46 heavy (non-hydrogen) atoms. The van der Waals surface area contributed by atoms with Crippen LogP contribution in [0, 0.1) is 11.8 Å². The highest BCUT2D eigenvalue weighted by atomic mass is 16.7. The molecule has 3 N–H and O–H groups in total. The number of likely N-dealkylation sites (tertiary alicyclic amines) is 1. The number of methoxy groups -OCH3 is 2. The lowest BCUT2D eigenvalue weighted by Gasteiger charge is -2.45. The fourth-order valence-corrected chi connectivity index (χ4v) is 7.78. The van der Waals surface area contributed by atoms with Crippen LogP contribution in [0.25, 0.3) is 0 Å². The molecular weight excluding hydrogens is 592 g/mol. The van der Waals surface area contributed by atoms with E-state index in [9.17, 15) is 15.0 Å². The van der Waals surface area contributed by atoms with Crippen LogP contribution < -0.4 is 29.0 Å². The average molecular weight is 631 g/mol. The van der Waals surface area contributed by atoms with Gasteiger partial charge in [-0.3, -0.25) is 9.59 Å². The highest BCUT2D eigenvalue weighted by Gasteiger charge is 2.77. The summed E-state index contributed by atoms with van der Waals surface area (Å²) in [6, 6.07) is 18.0. The minimum Gasteiger partial charge on any atom is -0.497 e. The quantitative estimate of drug-likeness (QED) is 0.359. The predicted molar refractivity (Wildman–Crippen MR) is 165 cm³/mol. The van der Waals surface area contributed by atoms with Crippen molar-refractivity contribution >= 4 is 11.8 Å². The molecule has 0 radical (unpaired) electrons. The Morgan fingerprint density at radius 2 is 1.76 bits per heavy atom. The van der Waals surface area contributed by atoms with Crippen LogP contribution in [0.3, 0.4) is 0 Å². The van der Waals surface area contributed by atoms with Gasteiger partial charge in [0.25, 0.3) is 0 Å². The van der Waals surface area contributed by atoms with Crippen LogP contribution in [-0.4, -0.2) is 66.8 Å². The number of hydrogen-bond donors (Lipinski definition) is 3. The molecule has 2 fully saturated rings. The summed E-state index contributed by atoms with van der Waals surface area (Å²) in [5, 5.41) is 28.9. The Labute approximate surface area is 267 Å². The SMILES string of the molecule is COc1ccc(C23Oc4cc5c(c(OC)c4[C@](O)([C@@H](C(=O)N4CCC[C@H]4NC(=O)C(C)C)[C@@H]2c2ccccc2)[C@H]3O)OCO5)cc1. The van der Waals surface area contributed by atoms with Crippen molar-refractivity contribution in [3.63, 3.8) is 0 Å². The summed E-state index contributed by atoms with van der Waals surface area (Å²) < 4.78 is 29.6. The van der Waals surface area contributed by atoms with Gasteiger partial charge in [-0.05, 0) is 36.1 Å². The minimum atomic E-state index is -2.23. The molecule has 4 aliphatic rings. The van der Waals surface area contributed by atoms with E-state index >= 15 is 4.79 Å². The third kappa shape index (κ3) is 4.17. The molecule has 6 atom stereocenters. The van der Waals surface area contributed by atoms with Crippen molar-refractivity contribution in [1.82, 2.24) is 10.2 Å². The van der Waals surface area contributed by atoms with Crippen LogP contribution in [-0.2, 0) is 20.8 Å². The number of benzene rings is 3. The van der Waals surface area contributed by atoms with Gasteiger partial charge in [-0.1, -0.05) is 56.3 Å². The number of aliphatic hydroxyl groups excluding tert-OH is 1. The fourth-order valence-electron chi connectivity index (χ4n) is 7.78. The van der Waals surface area contributed by atoms with Crippen molar-refractivity contribution in [2.24, 2.45) is 11.8 Å². The molecule has 0 aromatic heterocycles. The van der Waals surface area contributed by atoms with E-state index in [1.165, 1.54) is 7.11 Å². The molecule has 3 heterocycles. The second kappa shape index (κ2) is 11.1. The highest BCUT2D eigenvalue weighted by molar-refractivity contribution is 5.86. The van der Waals surface area contributed by atoms with E-state index in [0.717, 1.165) is 0 Å². The first-order valence-corrected chi connectivity index (χ1v) is 15.6. The van der Waals surface area contributed by atoms with E-state index in [-0.39, 0.29) is 41.4 Å². The van der Waals surface area contributed by atoms with Crippen LogP contribution in [0.2, 0.25) is 0 Å².